The van der Waals surface area contributed by atoms with E-state index < -0.39 is 28.5 Å². The number of amides is 1. The topological polar surface area (TPSA) is 133 Å². The maximum absolute atomic E-state index is 12.9. The molecule has 0 saturated heterocycles. The number of halogens is 1. The molecule has 0 spiro atoms. The van der Waals surface area contributed by atoms with Crippen LogP contribution in [0.25, 0.3) is 0 Å². The maximum Gasteiger partial charge on any atom is 0.340 e. The Morgan fingerprint density at radius 1 is 1.12 bits per heavy atom. The monoisotopic (exact) mass is 553 g/mol. The molecule has 4 rings (SSSR count). The lowest BCUT2D eigenvalue weighted by Crippen LogP contribution is -2.22. The minimum Gasteiger partial charge on any atom is -0.486 e. The number of hydrogen-bond donors (Lipinski definition) is 2. The van der Waals surface area contributed by atoms with Gasteiger partial charge in [0.2, 0.25) is 0 Å². The first-order chi connectivity index (χ1) is 15.8. The van der Waals surface area contributed by atoms with E-state index >= 15 is 0 Å². The fraction of sp³-hybridized carbons (Fsp3) is 0.150. The highest BCUT2D eigenvalue weighted by molar-refractivity contribution is 9.11. The summed E-state index contributed by atoms with van der Waals surface area (Å²) in [4.78, 5) is 28.4. The van der Waals surface area contributed by atoms with Gasteiger partial charge in [0, 0.05) is 6.07 Å². The van der Waals surface area contributed by atoms with E-state index in [4.69, 9.17) is 14.2 Å². The van der Waals surface area contributed by atoms with Crippen LogP contribution >= 0.6 is 27.3 Å². The summed E-state index contributed by atoms with van der Waals surface area (Å²) in [6.07, 6.45) is 1.52. The molecule has 10 nitrogen and oxygen atoms in total. The van der Waals surface area contributed by atoms with Crippen LogP contribution in [0.4, 0.5) is 10.8 Å². The summed E-state index contributed by atoms with van der Waals surface area (Å²) in [5, 5.41) is 2.84. The summed E-state index contributed by atoms with van der Waals surface area (Å²) in [6.45, 7) is 0.123. The van der Waals surface area contributed by atoms with Crippen molar-refractivity contribution in [1.82, 2.24) is 4.98 Å². The van der Waals surface area contributed by atoms with Crippen molar-refractivity contribution in [3.8, 4) is 11.5 Å². The summed E-state index contributed by atoms with van der Waals surface area (Å²) in [5.41, 5.74) is -0.0509. The summed E-state index contributed by atoms with van der Waals surface area (Å²) in [7, 11) is -4.06. The van der Waals surface area contributed by atoms with Crippen molar-refractivity contribution in [1.29, 1.82) is 0 Å². The number of nitrogens with zero attached hydrogens (tertiary/aromatic N) is 1. The van der Waals surface area contributed by atoms with Gasteiger partial charge in [-0.05, 0) is 40.2 Å². The molecule has 2 aromatic carbocycles. The Bertz CT molecular complexity index is 1310. The first-order valence-electron chi connectivity index (χ1n) is 9.41. The van der Waals surface area contributed by atoms with Gasteiger partial charge < -0.3 is 14.2 Å². The molecular weight excluding hydrogens is 538 g/mol. The molecule has 1 aromatic heterocycles. The summed E-state index contributed by atoms with van der Waals surface area (Å²) >= 11 is 4.43. The molecule has 0 radical (unpaired) electrons. The third-order valence-corrected chi connectivity index (χ3v) is 7.03. The van der Waals surface area contributed by atoms with Crippen molar-refractivity contribution in [2.45, 2.75) is 4.90 Å². The number of sulfonamides is 1. The van der Waals surface area contributed by atoms with E-state index in [1.54, 1.807) is 12.1 Å². The van der Waals surface area contributed by atoms with Gasteiger partial charge in [-0.2, -0.15) is 0 Å². The predicted octanol–water partition coefficient (Wildman–Crippen LogP) is 3.27. The van der Waals surface area contributed by atoms with Crippen LogP contribution in [0.1, 0.15) is 10.4 Å². The summed E-state index contributed by atoms with van der Waals surface area (Å²) in [6, 6.07) is 10.1. The fourth-order valence-electron chi connectivity index (χ4n) is 2.82. The van der Waals surface area contributed by atoms with E-state index in [0.717, 1.165) is 3.79 Å². The summed E-state index contributed by atoms with van der Waals surface area (Å²) in [5.74, 6) is -0.687. The number of fused-ring (bicyclic) bond motifs is 1. The molecule has 0 saturated carbocycles. The number of ether oxygens (including phenoxy) is 3. The van der Waals surface area contributed by atoms with E-state index in [1.807, 2.05) is 0 Å². The number of aromatic nitrogens is 1. The first-order valence-corrected chi connectivity index (χ1v) is 12.5. The average Bonchev–Trinajstić information content (AvgIpc) is 3.21. The van der Waals surface area contributed by atoms with Crippen LogP contribution < -0.4 is 19.5 Å². The molecule has 0 atom stereocenters. The molecule has 0 bridgehead atoms. The number of para-hydroxylation sites is 1. The zero-order chi connectivity index (χ0) is 23.4. The van der Waals surface area contributed by atoms with Crippen molar-refractivity contribution >= 4 is 60.0 Å². The molecule has 2 heterocycles. The van der Waals surface area contributed by atoms with Gasteiger partial charge >= 0.3 is 5.97 Å². The van der Waals surface area contributed by atoms with Crippen LogP contribution in [0.15, 0.2) is 57.3 Å². The van der Waals surface area contributed by atoms with Crippen molar-refractivity contribution in [3.63, 3.8) is 0 Å². The molecule has 0 fully saturated rings. The number of esters is 1. The molecule has 1 aliphatic heterocycles. The van der Waals surface area contributed by atoms with Gasteiger partial charge in [0.05, 0.1) is 26.1 Å². The van der Waals surface area contributed by atoms with Crippen LogP contribution in [0.5, 0.6) is 11.5 Å². The Morgan fingerprint density at radius 2 is 1.88 bits per heavy atom. The number of carbonyl (C=O) groups is 2. The molecule has 1 amide bonds. The number of nitrogens with one attached hydrogen (secondary N) is 2. The number of carbonyl (C=O) groups excluding carboxylic acids is 2. The normalized spacial score (nSPS) is 12.6. The second kappa shape index (κ2) is 9.77. The zero-order valence-electron chi connectivity index (χ0n) is 16.7. The van der Waals surface area contributed by atoms with Crippen LogP contribution in [0.2, 0.25) is 0 Å². The lowest BCUT2D eigenvalue weighted by atomic mass is 10.2. The van der Waals surface area contributed by atoms with Gasteiger partial charge in [-0.3, -0.25) is 14.8 Å². The molecule has 13 heteroatoms. The standard InChI is InChI=1S/C20H16BrN3O7S2/c21-17-10-22-20(32-17)23-18(25)11-31-19(26)13-3-1-2-4-14(13)24-33(27,28)12-5-6-15-16(9-12)30-8-7-29-15/h1-6,9-10,24H,7-8,11H2,(H,22,23,25). The molecule has 33 heavy (non-hydrogen) atoms. The molecule has 3 aromatic rings. The Morgan fingerprint density at radius 3 is 2.64 bits per heavy atom. The van der Waals surface area contributed by atoms with Gasteiger partial charge in [-0.1, -0.05) is 23.5 Å². The Labute approximate surface area is 201 Å². The smallest absolute Gasteiger partial charge is 0.340 e. The van der Waals surface area contributed by atoms with Crippen molar-refractivity contribution in [2.24, 2.45) is 0 Å². The highest BCUT2D eigenvalue weighted by Crippen LogP contribution is 2.33. The number of rotatable bonds is 7. The van der Waals surface area contributed by atoms with E-state index in [2.05, 4.69) is 31.0 Å². The van der Waals surface area contributed by atoms with Gasteiger partial charge in [0.25, 0.3) is 15.9 Å². The second-order valence-corrected chi connectivity index (χ2v) is 10.6. The number of thiazole rings is 1. The SMILES string of the molecule is O=C(COC(=O)c1ccccc1NS(=O)(=O)c1ccc2c(c1)OCCO2)Nc1ncc(Br)s1. The van der Waals surface area contributed by atoms with Crippen molar-refractivity contribution < 1.29 is 32.2 Å². The average molecular weight is 554 g/mol. The third kappa shape index (κ3) is 5.61. The summed E-state index contributed by atoms with van der Waals surface area (Å²) < 4.78 is 44.8. The van der Waals surface area contributed by atoms with Crippen LogP contribution in [-0.4, -0.2) is 45.1 Å². The predicted molar refractivity (Wildman–Crippen MR) is 123 cm³/mol. The van der Waals surface area contributed by atoms with Gasteiger partial charge in [-0.15, -0.1) is 0 Å². The molecule has 0 unspecified atom stereocenters. The lowest BCUT2D eigenvalue weighted by molar-refractivity contribution is -0.119. The van der Waals surface area contributed by atoms with Gasteiger partial charge in [-0.25, -0.2) is 18.2 Å². The van der Waals surface area contributed by atoms with E-state index in [9.17, 15) is 18.0 Å². The van der Waals surface area contributed by atoms with Crippen LogP contribution in [0, 0.1) is 0 Å². The maximum atomic E-state index is 12.9. The zero-order valence-corrected chi connectivity index (χ0v) is 20.0. The quantitative estimate of drug-likeness (QED) is 0.426. The van der Waals surface area contributed by atoms with Crippen LogP contribution in [0.3, 0.4) is 0 Å². The third-order valence-electron chi connectivity index (χ3n) is 4.27. The molecule has 1 aliphatic rings. The van der Waals surface area contributed by atoms with Crippen molar-refractivity contribution in [3.05, 3.63) is 58.0 Å². The Kier molecular flexibility index (Phi) is 6.81. The molecule has 0 aliphatic carbocycles. The highest BCUT2D eigenvalue weighted by Gasteiger charge is 2.22. The lowest BCUT2D eigenvalue weighted by Gasteiger charge is -2.19. The van der Waals surface area contributed by atoms with E-state index in [-0.39, 0.29) is 16.1 Å². The van der Waals surface area contributed by atoms with E-state index in [1.165, 1.54) is 47.9 Å². The van der Waals surface area contributed by atoms with Gasteiger partial charge in [0.15, 0.2) is 23.2 Å². The Hall–Kier alpha value is -3.16. The molecule has 2 N–H and O–H groups in total. The molecule has 172 valence electrons. The first kappa shape index (κ1) is 23.0. The number of benzene rings is 2. The minimum atomic E-state index is -4.06. The van der Waals surface area contributed by atoms with Crippen molar-refractivity contribution in [2.75, 3.05) is 29.9 Å². The van der Waals surface area contributed by atoms with E-state index in [0.29, 0.717) is 29.8 Å². The highest BCUT2D eigenvalue weighted by atomic mass is 79.9. The number of hydrogen-bond acceptors (Lipinski definition) is 9. The Balaban J connectivity index is 1.45. The molecular formula is C20H16BrN3O7S2. The largest absolute Gasteiger partial charge is 0.486 e. The fourth-order valence-corrected chi connectivity index (χ4v) is 5.04. The van der Waals surface area contributed by atoms with Crippen LogP contribution in [-0.2, 0) is 19.6 Å². The minimum absolute atomic E-state index is 0.00153. The number of anilines is 2. The van der Waals surface area contributed by atoms with Gasteiger partial charge in [0.1, 0.15) is 13.2 Å². The second-order valence-electron chi connectivity index (χ2n) is 6.55.